The molecule has 0 unspecified atom stereocenters. The maximum absolute atomic E-state index is 13.8. The number of imidazole rings is 1. The highest BCUT2D eigenvalue weighted by Gasteiger charge is 2.17. The Kier molecular flexibility index (Phi) is 5.08. The molecule has 2 amide bonds. The number of benzene rings is 2. The van der Waals surface area contributed by atoms with Gasteiger partial charge >= 0.3 is 5.91 Å². The van der Waals surface area contributed by atoms with Crippen molar-refractivity contribution in [2.75, 3.05) is 0 Å². The van der Waals surface area contributed by atoms with Gasteiger partial charge in [-0.1, -0.05) is 12.1 Å². The molecule has 2 aromatic heterocycles. The van der Waals surface area contributed by atoms with E-state index in [1.165, 1.54) is 65.6 Å². The lowest BCUT2D eigenvalue weighted by atomic mass is 10.1. The third-order valence-electron chi connectivity index (χ3n) is 4.23. The quantitative estimate of drug-likeness (QED) is 0.506. The molecule has 2 aromatic carbocycles. The first-order chi connectivity index (χ1) is 14.5. The third-order valence-corrected chi connectivity index (χ3v) is 4.23. The summed E-state index contributed by atoms with van der Waals surface area (Å²) in [6, 6.07) is 14.3. The fourth-order valence-corrected chi connectivity index (χ4v) is 2.78. The van der Waals surface area contributed by atoms with Gasteiger partial charge < -0.3 is 4.42 Å². The van der Waals surface area contributed by atoms with Crippen LogP contribution < -0.4 is 10.9 Å². The van der Waals surface area contributed by atoms with Crippen LogP contribution in [-0.4, -0.2) is 21.4 Å². The van der Waals surface area contributed by atoms with Gasteiger partial charge in [-0.25, -0.2) is 13.8 Å². The van der Waals surface area contributed by atoms with E-state index >= 15 is 0 Å². The van der Waals surface area contributed by atoms with Gasteiger partial charge in [0, 0.05) is 5.69 Å². The van der Waals surface area contributed by atoms with E-state index in [2.05, 4.69) is 15.8 Å². The normalized spacial score (nSPS) is 10.6. The van der Waals surface area contributed by atoms with Gasteiger partial charge in [-0.2, -0.15) is 0 Å². The summed E-state index contributed by atoms with van der Waals surface area (Å²) in [7, 11) is 0. The van der Waals surface area contributed by atoms with Crippen LogP contribution in [0.3, 0.4) is 0 Å². The van der Waals surface area contributed by atoms with Crippen LogP contribution in [0, 0.1) is 11.6 Å². The Morgan fingerprint density at radius 1 is 0.900 bits per heavy atom. The van der Waals surface area contributed by atoms with Gasteiger partial charge in [0.25, 0.3) is 5.91 Å². The topological polar surface area (TPSA) is 89.2 Å². The molecule has 150 valence electrons. The second kappa shape index (κ2) is 8.00. The zero-order valence-electron chi connectivity index (χ0n) is 15.3. The van der Waals surface area contributed by atoms with E-state index in [-0.39, 0.29) is 22.8 Å². The number of halogens is 2. The van der Waals surface area contributed by atoms with E-state index < -0.39 is 23.4 Å². The second-order valence-electron chi connectivity index (χ2n) is 6.18. The van der Waals surface area contributed by atoms with E-state index in [4.69, 9.17) is 4.42 Å². The van der Waals surface area contributed by atoms with Crippen LogP contribution in [0.1, 0.15) is 21.0 Å². The summed E-state index contributed by atoms with van der Waals surface area (Å²) in [6.45, 7) is 0. The van der Waals surface area contributed by atoms with Gasteiger partial charge in [0.05, 0.1) is 18.1 Å². The summed E-state index contributed by atoms with van der Waals surface area (Å²) < 4.78 is 33.8. The van der Waals surface area contributed by atoms with Crippen LogP contribution in [-0.2, 0) is 0 Å². The molecule has 0 radical (unpaired) electrons. The fraction of sp³-hybridized carbons (Fsp3) is 0. The number of carbonyl (C=O) groups is 2. The summed E-state index contributed by atoms with van der Waals surface area (Å²) in [5.41, 5.74) is 5.34. The van der Waals surface area contributed by atoms with E-state index in [1.54, 1.807) is 12.1 Å². The lowest BCUT2D eigenvalue weighted by Gasteiger charge is -2.09. The Hall–Kier alpha value is -4.27. The number of aromatic nitrogens is 2. The van der Waals surface area contributed by atoms with Crippen molar-refractivity contribution in [1.82, 2.24) is 20.4 Å². The van der Waals surface area contributed by atoms with Crippen molar-refractivity contribution in [2.24, 2.45) is 0 Å². The van der Waals surface area contributed by atoms with E-state index in [0.29, 0.717) is 5.69 Å². The first-order valence-electron chi connectivity index (χ1n) is 8.76. The Bertz CT molecular complexity index is 1210. The van der Waals surface area contributed by atoms with E-state index in [9.17, 15) is 18.4 Å². The first kappa shape index (κ1) is 19.1. The number of rotatable bonds is 4. The molecule has 4 rings (SSSR count). The highest BCUT2D eigenvalue weighted by atomic mass is 19.1. The van der Waals surface area contributed by atoms with Gasteiger partial charge in [-0.3, -0.25) is 25.0 Å². The molecule has 0 saturated heterocycles. The molecule has 2 heterocycles. The Labute approximate surface area is 168 Å². The molecule has 0 aliphatic carbocycles. The molecule has 2 N–H and O–H groups in total. The predicted octanol–water partition coefficient (Wildman–Crippen LogP) is 3.49. The van der Waals surface area contributed by atoms with E-state index in [1.807, 2.05) is 0 Å². The Balaban J connectivity index is 1.44. The molecule has 0 aliphatic heterocycles. The second-order valence-corrected chi connectivity index (χ2v) is 6.18. The standard InChI is InChI=1S/C21H14F2N4O3/c22-13-5-7-14(8-6-13)27-12-24-11-17(27)20(28)25-26-21(29)19-10-9-18(30-19)15-3-1-2-4-16(15)23/h1-12H,(H,25,28)(H,26,29). The third kappa shape index (κ3) is 3.81. The fourth-order valence-electron chi connectivity index (χ4n) is 2.78. The minimum atomic E-state index is -0.723. The van der Waals surface area contributed by atoms with Crippen molar-refractivity contribution in [3.63, 3.8) is 0 Å². The number of nitrogens with zero attached hydrogens (tertiary/aromatic N) is 2. The van der Waals surface area contributed by atoms with Crippen molar-refractivity contribution < 1.29 is 22.8 Å². The molecule has 4 aromatic rings. The molecule has 0 bridgehead atoms. The molecule has 9 heteroatoms. The number of nitrogens with one attached hydrogen (secondary N) is 2. The lowest BCUT2D eigenvalue weighted by molar-refractivity contribution is 0.0828. The first-order valence-corrected chi connectivity index (χ1v) is 8.76. The molecular weight excluding hydrogens is 394 g/mol. The maximum atomic E-state index is 13.8. The zero-order chi connectivity index (χ0) is 21.1. The summed E-state index contributed by atoms with van der Waals surface area (Å²) in [4.78, 5) is 28.6. The molecule has 7 nitrogen and oxygen atoms in total. The lowest BCUT2D eigenvalue weighted by Crippen LogP contribution is -2.42. The average molecular weight is 408 g/mol. The molecule has 0 spiro atoms. The maximum Gasteiger partial charge on any atom is 0.305 e. The number of hydrazine groups is 1. The highest BCUT2D eigenvalue weighted by Crippen LogP contribution is 2.24. The number of carbonyl (C=O) groups excluding carboxylic acids is 2. The number of furan rings is 1. The minimum absolute atomic E-state index is 0.111. The monoisotopic (exact) mass is 408 g/mol. The van der Waals surface area contributed by atoms with Gasteiger partial charge in [0.1, 0.15) is 23.1 Å². The smallest absolute Gasteiger partial charge is 0.305 e. The Morgan fingerprint density at radius 2 is 1.63 bits per heavy atom. The summed E-state index contributed by atoms with van der Waals surface area (Å²) in [5.74, 6) is -2.20. The molecule has 0 fully saturated rings. The highest BCUT2D eigenvalue weighted by molar-refractivity contribution is 5.97. The zero-order valence-corrected chi connectivity index (χ0v) is 15.3. The van der Waals surface area contributed by atoms with Crippen molar-refractivity contribution in [1.29, 1.82) is 0 Å². The average Bonchev–Trinajstić information content (AvgIpc) is 3.43. The van der Waals surface area contributed by atoms with Crippen LogP contribution in [0.25, 0.3) is 17.0 Å². The van der Waals surface area contributed by atoms with Crippen LogP contribution in [0.15, 0.2) is 77.6 Å². The predicted molar refractivity (Wildman–Crippen MR) is 103 cm³/mol. The van der Waals surface area contributed by atoms with Gasteiger partial charge in [-0.05, 0) is 48.5 Å². The van der Waals surface area contributed by atoms with E-state index in [0.717, 1.165) is 0 Å². The van der Waals surface area contributed by atoms with Crippen LogP contribution >= 0.6 is 0 Å². The summed E-state index contributed by atoms with van der Waals surface area (Å²) >= 11 is 0. The number of amides is 2. The SMILES string of the molecule is O=C(NNC(=O)c1cncn1-c1ccc(F)cc1)c1ccc(-c2ccccc2F)o1. The number of hydrogen-bond donors (Lipinski definition) is 2. The largest absolute Gasteiger partial charge is 0.451 e. The summed E-state index contributed by atoms with van der Waals surface area (Å²) in [6.07, 6.45) is 2.69. The molecule has 0 atom stereocenters. The van der Waals surface area contributed by atoms with Gasteiger partial charge in [-0.15, -0.1) is 0 Å². The molecule has 30 heavy (non-hydrogen) atoms. The summed E-state index contributed by atoms with van der Waals surface area (Å²) in [5, 5.41) is 0. The van der Waals surface area contributed by atoms with Crippen molar-refractivity contribution >= 4 is 11.8 Å². The van der Waals surface area contributed by atoms with Crippen molar-refractivity contribution in [2.45, 2.75) is 0 Å². The van der Waals surface area contributed by atoms with Crippen LogP contribution in [0.5, 0.6) is 0 Å². The van der Waals surface area contributed by atoms with Crippen molar-refractivity contribution in [3.8, 4) is 17.0 Å². The van der Waals surface area contributed by atoms with Crippen molar-refractivity contribution in [3.05, 3.63) is 96.3 Å². The van der Waals surface area contributed by atoms with Crippen LogP contribution in [0.4, 0.5) is 8.78 Å². The van der Waals surface area contributed by atoms with Crippen LogP contribution in [0.2, 0.25) is 0 Å². The van der Waals surface area contributed by atoms with Gasteiger partial charge in [0.2, 0.25) is 0 Å². The minimum Gasteiger partial charge on any atom is -0.451 e. The molecule has 0 aliphatic rings. The molecular formula is C21H14F2N4O3. The number of hydrogen-bond acceptors (Lipinski definition) is 4. The van der Waals surface area contributed by atoms with Gasteiger partial charge in [0.15, 0.2) is 5.76 Å². The Morgan fingerprint density at radius 3 is 2.40 bits per heavy atom. The molecule has 0 saturated carbocycles.